The van der Waals surface area contributed by atoms with Crippen LogP contribution in [-0.2, 0) is 4.74 Å². The Hall–Kier alpha value is -1.55. The topological polar surface area (TPSA) is 55.6 Å². The maximum Gasteiger partial charge on any atom is 0.404 e. The van der Waals surface area contributed by atoms with Gasteiger partial charge in [-0.3, -0.25) is 0 Å². The van der Waals surface area contributed by atoms with Gasteiger partial charge < -0.3 is 15.4 Å². The zero-order valence-corrected chi connectivity index (χ0v) is 10.0. The average Bonchev–Trinajstić information content (AvgIpc) is 2.28. The van der Waals surface area contributed by atoms with Gasteiger partial charge in [0, 0.05) is 19.0 Å². The number of likely N-dealkylation sites (N-methyl/N-ethyl adjacent to an activating group) is 1. The van der Waals surface area contributed by atoms with Crippen LogP contribution in [0.4, 0.5) is 4.79 Å². The number of benzene rings is 1. The van der Waals surface area contributed by atoms with Crippen LogP contribution >= 0.6 is 0 Å². The summed E-state index contributed by atoms with van der Waals surface area (Å²) in [5, 5.41) is 0. The van der Waals surface area contributed by atoms with Crippen molar-refractivity contribution in [3.8, 4) is 0 Å². The van der Waals surface area contributed by atoms with Crippen molar-refractivity contribution in [1.29, 1.82) is 0 Å². The summed E-state index contributed by atoms with van der Waals surface area (Å²) in [5.74, 6) is 0.402. The van der Waals surface area contributed by atoms with Crippen molar-refractivity contribution in [1.82, 2.24) is 4.90 Å². The molecule has 2 atom stereocenters. The molecular weight excluding hydrogens is 216 g/mol. The Balaban J connectivity index is 2.06. The molecule has 1 aromatic rings. The number of primary amides is 1. The molecule has 0 radical (unpaired) electrons. The second kappa shape index (κ2) is 5.19. The van der Waals surface area contributed by atoms with Gasteiger partial charge in [0.15, 0.2) is 0 Å². The first-order valence-electron chi connectivity index (χ1n) is 5.84. The first kappa shape index (κ1) is 11.9. The van der Waals surface area contributed by atoms with E-state index in [0.717, 1.165) is 19.5 Å². The molecule has 17 heavy (non-hydrogen) atoms. The van der Waals surface area contributed by atoms with Gasteiger partial charge >= 0.3 is 6.09 Å². The van der Waals surface area contributed by atoms with Crippen LogP contribution in [0.5, 0.6) is 0 Å². The second-order valence-electron chi connectivity index (χ2n) is 4.62. The fraction of sp³-hybridized carbons (Fsp3) is 0.462. The Kier molecular flexibility index (Phi) is 3.64. The maximum atomic E-state index is 10.8. The van der Waals surface area contributed by atoms with Crippen LogP contribution in [0.2, 0.25) is 0 Å². The number of nitrogens with two attached hydrogens (primary N) is 1. The van der Waals surface area contributed by atoms with E-state index in [1.165, 1.54) is 5.56 Å². The zero-order chi connectivity index (χ0) is 12.3. The molecule has 1 fully saturated rings. The summed E-state index contributed by atoms with van der Waals surface area (Å²) in [4.78, 5) is 13.0. The molecule has 0 aromatic heterocycles. The van der Waals surface area contributed by atoms with E-state index in [4.69, 9.17) is 10.5 Å². The van der Waals surface area contributed by atoms with E-state index in [2.05, 4.69) is 17.0 Å². The first-order valence-corrected chi connectivity index (χ1v) is 5.84. The van der Waals surface area contributed by atoms with E-state index in [1.807, 2.05) is 25.2 Å². The van der Waals surface area contributed by atoms with Gasteiger partial charge in [-0.05, 0) is 19.0 Å². The summed E-state index contributed by atoms with van der Waals surface area (Å²) in [6, 6.07) is 10.3. The fourth-order valence-electron chi connectivity index (χ4n) is 2.48. The molecule has 0 aliphatic carbocycles. The Morgan fingerprint density at radius 2 is 2.06 bits per heavy atom. The minimum absolute atomic E-state index is 0.101. The largest absolute Gasteiger partial charge is 0.445 e. The lowest BCUT2D eigenvalue weighted by Crippen LogP contribution is -2.42. The monoisotopic (exact) mass is 234 g/mol. The van der Waals surface area contributed by atoms with E-state index in [9.17, 15) is 4.79 Å². The molecule has 0 saturated carbocycles. The number of carbonyl (C=O) groups is 1. The van der Waals surface area contributed by atoms with Crippen LogP contribution < -0.4 is 5.73 Å². The van der Waals surface area contributed by atoms with Gasteiger partial charge in [0.05, 0.1) is 0 Å². The number of nitrogens with zero attached hydrogens (tertiary/aromatic N) is 1. The highest BCUT2D eigenvalue weighted by Crippen LogP contribution is 2.27. The minimum atomic E-state index is -0.683. The number of hydrogen-bond donors (Lipinski definition) is 1. The van der Waals surface area contributed by atoms with Crippen molar-refractivity contribution >= 4 is 6.09 Å². The van der Waals surface area contributed by atoms with Crippen LogP contribution in [0.15, 0.2) is 30.3 Å². The van der Waals surface area contributed by atoms with E-state index in [-0.39, 0.29) is 6.10 Å². The summed E-state index contributed by atoms with van der Waals surface area (Å²) in [7, 11) is 2.03. The van der Waals surface area contributed by atoms with Crippen molar-refractivity contribution < 1.29 is 9.53 Å². The summed E-state index contributed by atoms with van der Waals surface area (Å²) in [5.41, 5.74) is 6.36. The Bertz CT molecular complexity index is 380. The van der Waals surface area contributed by atoms with Crippen molar-refractivity contribution in [3.63, 3.8) is 0 Å². The minimum Gasteiger partial charge on any atom is -0.445 e. The predicted molar refractivity (Wildman–Crippen MR) is 65.8 cm³/mol. The lowest BCUT2D eigenvalue weighted by Gasteiger charge is -2.35. The standard InChI is InChI=1S/C13H18N2O2/c1-15-8-11(10-5-3-2-4-6-10)7-12(9-15)17-13(14)16/h2-6,11-12H,7-9H2,1H3,(H2,14,16). The fourth-order valence-corrected chi connectivity index (χ4v) is 2.48. The maximum absolute atomic E-state index is 10.8. The molecule has 1 amide bonds. The van der Waals surface area contributed by atoms with Gasteiger partial charge in [-0.15, -0.1) is 0 Å². The Morgan fingerprint density at radius 3 is 2.71 bits per heavy atom. The molecule has 0 bridgehead atoms. The summed E-state index contributed by atoms with van der Waals surface area (Å²) >= 11 is 0. The molecule has 2 unspecified atom stereocenters. The van der Waals surface area contributed by atoms with Crippen molar-refractivity contribution in [2.24, 2.45) is 5.73 Å². The third-order valence-electron chi connectivity index (χ3n) is 3.15. The van der Waals surface area contributed by atoms with Gasteiger partial charge in [0.1, 0.15) is 6.10 Å². The first-order chi connectivity index (χ1) is 8.15. The molecule has 2 rings (SSSR count). The normalized spacial score (nSPS) is 25.5. The van der Waals surface area contributed by atoms with E-state index >= 15 is 0 Å². The van der Waals surface area contributed by atoms with E-state index in [0.29, 0.717) is 5.92 Å². The van der Waals surface area contributed by atoms with Gasteiger partial charge in [-0.1, -0.05) is 30.3 Å². The molecule has 1 aliphatic rings. The zero-order valence-electron chi connectivity index (χ0n) is 10.0. The van der Waals surface area contributed by atoms with Gasteiger partial charge in [0.2, 0.25) is 0 Å². The second-order valence-corrected chi connectivity index (χ2v) is 4.62. The number of carbonyl (C=O) groups excluding carboxylic acids is 1. The van der Waals surface area contributed by atoms with E-state index in [1.54, 1.807) is 0 Å². The number of likely N-dealkylation sites (tertiary alicyclic amines) is 1. The Labute approximate surface area is 101 Å². The van der Waals surface area contributed by atoms with Crippen LogP contribution in [0, 0.1) is 0 Å². The van der Waals surface area contributed by atoms with Crippen molar-refractivity contribution in [3.05, 3.63) is 35.9 Å². The van der Waals surface area contributed by atoms with E-state index < -0.39 is 6.09 Å². The van der Waals surface area contributed by atoms with Gasteiger partial charge in [-0.2, -0.15) is 0 Å². The predicted octanol–water partition coefficient (Wildman–Crippen LogP) is 1.57. The molecule has 92 valence electrons. The highest BCUT2D eigenvalue weighted by Gasteiger charge is 2.28. The number of piperidine rings is 1. The van der Waals surface area contributed by atoms with Gasteiger partial charge in [-0.25, -0.2) is 4.79 Å². The highest BCUT2D eigenvalue weighted by atomic mass is 16.6. The summed E-state index contributed by atoms with van der Waals surface area (Å²) < 4.78 is 5.11. The number of hydrogen-bond acceptors (Lipinski definition) is 3. The smallest absolute Gasteiger partial charge is 0.404 e. The summed E-state index contributed by atoms with van der Waals surface area (Å²) in [6.07, 6.45) is 0.0608. The number of amides is 1. The molecule has 1 aromatic carbocycles. The summed E-state index contributed by atoms with van der Waals surface area (Å²) in [6.45, 7) is 1.74. The molecule has 1 saturated heterocycles. The molecule has 1 heterocycles. The molecule has 1 aliphatic heterocycles. The van der Waals surface area contributed by atoms with Crippen LogP contribution in [-0.4, -0.2) is 37.2 Å². The van der Waals surface area contributed by atoms with Crippen molar-refractivity contribution in [2.75, 3.05) is 20.1 Å². The lowest BCUT2D eigenvalue weighted by molar-refractivity contribution is 0.0482. The Morgan fingerprint density at radius 1 is 1.35 bits per heavy atom. The number of ether oxygens (including phenoxy) is 1. The quantitative estimate of drug-likeness (QED) is 0.845. The lowest BCUT2D eigenvalue weighted by atomic mass is 9.89. The molecule has 4 heteroatoms. The van der Waals surface area contributed by atoms with Crippen LogP contribution in [0.3, 0.4) is 0 Å². The van der Waals surface area contributed by atoms with Crippen molar-refractivity contribution in [2.45, 2.75) is 18.4 Å². The molecule has 4 nitrogen and oxygen atoms in total. The van der Waals surface area contributed by atoms with Gasteiger partial charge in [0.25, 0.3) is 0 Å². The number of rotatable bonds is 2. The molecule has 2 N–H and O–H groups in total. The SMILES string of the molecule is CN1CC(OC(N)=O)CC(c2ccccc2)C1. The highest BCUT2D eigenvalue weighted by molar-refractivity contribution is 5.64. The third-order valence-corrected chi connectivity index (χ3v) is 3.15. The molecular formula is C13H18N2O2. The average molecular weight is 234 g/mol. The van der Waals surface area contributed by atoms with Crippen LogP contribution in [0.25, 0.3) is 0 Å². The molecule has 0 spiro atoms. The third kappa shape index (κ3) is 3.20. The van der Waals surface area contributed by atoms with Crippen LogP contribution in [0.1, 0.15) is 17.9 Å².